The van der Waals surface area contributed by atoms with Crippen LogP contribution in [0.3, 0.4) is 0 Å². The Kier molecular flexibility index (Phi) is 6.25. The summed E-state index contributed by atoms with van der Waals surface area (Å²) in [6, 6.07) is 30.1. The van der Waals surface area contributed by atoms with Crippen molar-refractivity contribution in [1.82, 2.24) is 4.90 Å². The lowest BCUT2D eigenvalue weighted by atomic mass is 9.86. The van der Waals surface area contributed by atoms with Crippen molar-refractivity contribution >= 4 is 5.91 Å². The molecule has 0 fully saturated rings. The first-order valence-corrected chi connectivity index (χ1v) is 11.5. The number of amides is 1. The molecule has 0 radical (unpaired) electrons. The van der Waals surface area contributed by atoms with Crippen molar-refractivity contribution in [3.05, 3.63) is 125 Å². The summed E-state index contributed by atoms with van der Waals surface area (Å²) >= 11 is 0. The average Bonchev–Trinajstić information content (AvgIpc) is 3.42. The molecule has 1 atom stereocenters. The first-order chi connectivity index (χ1) is 16.3. The van der Waals surface area contributed by atoms with E-state index in [2.05, 4.69) is 36.4 Å². The van der Waals surface area contributed by atoms with Crippen LogP contribution >= 0.6 is 0 Å². The van der Waals surface area contributed by atoms with E-state index in [0.717, 1.165) is 36.1 Å². The molecule has 1 amide bonds. The Hall–Kier alpha value is -3.79. The van der Waals surface area contributed by atoms with Gasteiger partial charge in [-0.2, -0.15) is 0 Å². The summed E-state index contributed by atoms with van der Waals surface area (Å²) in [7, 11) is 0. The molecule has 0 bridgehead atoms. The minimum atomic E-state index is -0.0777. The van der Waals surface area contributed by atoms with Gasteiger partial charge in [-0.3, -0.25) is 4.79 Å². The number of hydrogen-bond donors (Lipinski definition) is 0. The number of carbonyl (C=O) groups excluding carboxylic acids is 1. The number of furan rings is 1. The Labute approximate surface area is 194 Å². The lowest BCUT2D eigenvalue weighted by molar-refractivity contribution is 0.0605. The normalized spacial score (nSPS) is 15.0. The molecule has 4 nitrogen and oxygen atoms in total. The summed E-state index contributed by atoms with van der Waals surface area (Å²) in [5.74, 6) is 1.11. The molecule has 0 saturated carbocycles. The van der Waals surface area contributed by atoms with Crippen LogP contribution in [0.2, 0.25) is 0 Å². The number of fused-ring (bicyclic) bond motifs is 1. The summed E-state index contributed by atoms with van der Waals surface area (Å²) < 4.78 is 11.4. The molecule has 1 unspecified atom stereocenters. The average molecular weight is 438 g/mol. The Morgan fingerprint density at radius 2 is 1.67 bits per heavy atom. The molecule has 1 heterocycles. The molecule has 0 spiro atoms. The summed E-state index contributed by atoms with van der Waals surface area (Å²) in [6.45, 7) is 1.04. The maximum atomic E-state index is 13.5. The summed E-state index contributed by atoms with van der Waals surface area (Å²) in [6.07, 6.45) is 4.62. The van der Waals surface area contributed by atoms with Gasteiger partial charge in [0.15, 0.2) is 5.76 Å². The molecule has 1 aliphatic carbocycles. The van der Waals surface area contributed by atoms with Crippen molar-refractivity contribution in [1.29, 1.82) is 0 Å². The Balaban J connectivity index is 1.36. The second kappa shape index (κ2) is 9.78. The fourth-order valence-corrected chi connectivity index (χ4v) is 4.55. The number of ether oxygens (including phenoxy) is 1. The van der Waals surface area contributed by atoms with E-state index in [9.17, 15) is 4.79 Å². The highest BCUT2D eigenvalue weighted by Crippen LogP contribution is 2.36. The van der Waals surface area contributed by atoms with Gasteiger partial charge in [-0.15, -0.1) is 0 Å². The van der Waals surface area contributed by atoms with E-state index < -0.39 is 0 Å². The zero-order valence-corrected chi connectivity index (χ0v) is 18.5. The highest BCUT2D eigenvalue weighted by molar-refractivity contribution is 5.91. The molecule has 33 heavy (non-hydrogen) atoms. The van der Waals surface area contributed by atoms with Crippen LogP contribution in [0.15, 0.2) is 102 Å². The van der Waals surface area contributed by atoms with Crippen molar-refractivity contribution in [2.24, 2.45) is 0 Å². The van der Waals surface area contributed by atoms with Crippen molar-refractivity contribution in [2.75, 3.05) is 0 Å². The number of aryl methyl sites for hydroxylation is 1. The van der Waals surface area contributed by atoms with Crippen molar-refractivity contribution < 1.29 is 13.9 Å². The minimum absolute atomic E-state index is 0.0292. The van der Waals surface area contributed by atoms with Gasteiger partial charge in [0.25, 0.3) is 5.91 Å². The predicted octanol–water partition coefficient (Wildman–Crippen LogP) is 6.58. The van der Waals surface area contributed by atoms with E-state index in [1.807, 2.05) is 47.4 Å². The van der Waals surface area contributed by atoms with E-state index in [4.69, 9.17) is 9.15 Å². The van der Waals surface area contributed by atoms with Crippen molar-refractivity contribution in [3.63, 3.8) is 0 Å². The van der Waals surface area contributed by atoms with Gasteiger partial charge in [-0.05, 0) is 65.8 Å². The molecule has 3 aromatic carbocycles. The van der Waals surface area contributed by atoms with Gasteiger partial charge in [0.2, 0.25) is 0 Å². The van der Waals surface area contributed by atoms with E-state index in [0.29, 0.717) is 18.9 Å². The molecule has 0 aliphatic heterocycles. The van der Waals surface area contributed by atoms with Crippen molar-refractivity contribution in [3.8, 4) is 5.75 Å². The van der Waals surface area contributed by atoms with Gasteiger partial charge in [0.05, 0.1) is 12.3 Å². The van der Waals surface area contributed by atoms with E-state index in [1.165, 1.54) is 11.1 Å². The van der Waals surface area contributed by atoms with Crippen LogP contribution in [-0.2, 0) is 19.6 Å². The smallest absolute Gasteiger partial charge is 0.290 e. The van der Waals surface area contributed by atoms with E-state index in [-0.39, 0.29) is 11.9 Å². The van der Waals surface area contributed by atoms with E-state index >= 15 is 0 Å². The lowest BCUT2D eigenvalue weighted by Crippen LogP contribution is -2.36. The van der Waals surface area contributed by atoms with Crippen molar-refractivity contribution in [2.45, 2.75) is 38.5 Å². The van der Waals surface area contributed by atoms with Gasteiger partial charge in [0.1, 0.15) is 12.4 Å². The Bertz CT molecular complexity index is 1180. The summed E-state index contributed by atoms with van der Waals surface area (Å²) in [5.41, 5.74) is 4.76. The monoisotopic (exact) mass is 437 g/mol. The summed E-state index contributed by atoms with van der Waals surface area (Å²) in [5, 5.41) is 0. The molecule has 1 aliphatic rings. The number of carbonyl (C=O) groups is 1. The maximum Gasteiger partial charge on any atom is 0.290 e. The zero-order valence-electron chi connectivity index (χ0n) is 18.5. The predicted molar refractivity (Wildman–Crippen MR) is 128 cm³/mol. The van der Waals surface area contributed by atoms with Crippen LogP contribution in [0.1, 0.15) is 51.7 Å². The molecule has 0 N–H and O–H groups in total. The van der Waals surface area contributed by atoms with Gasteiger partial charge in [-0.1, -0.05) is 66.7 Å². The SMILES string of the molecule is O=C(c1ccco1)N(Cc1ccc(OCc2ccccc2)cc1)C1CCCc2ccccc21. The third-order valence-electron chi connectivity index (χ3n) is 6.23. The van der Waals surface area contributed by atoms with Crippen LogP contribution in [0.5, 0.6) is 5.75 Å². The fourth-order valence-electron chi connectivity index (χ4n) is 4.55. The van der Waals surface area contributed by atoms with Crippen LogP contribution in [0.4, 0.5) is 0 Å². The maximum absolute atomic E-state index is 13.5. The first-order valence-electron chi connectivity index (χ1n) is 11.5. The molecule has 1 aromatic heterocycles. The number of benzene rings is 3. The summed E-state index contributed by atoms with van der Waals surface area (Å²) in [4.78, 5) is 15.4. The third-order valence-corrected chi connectivity index (χ3v) is 6.23. The molecule has 0 saturated heterocycles. The van der Waals surface area contributed by atoms with Crippen LogP contribution in [0, 0.1) is 0 Å². The zero-order chi connectivity index (χ0) is 22.5. The van der Waals surface area contributed by atoms with Gasteiger partial charge in [-0.25, -0.2) is 0 Å². The largest absolute Gasteiger partial charge is 0.489 e. The molecular weight excluding hydrogens is 410 g/mol. The van der Waals surface area contributed by atoms with Gasteiger partial charge in [0, 0.05) is 6.54 Å². The highest BCUT2D eigenvalue weighted by atomic mass is 16.5. The minimum Gasteiger partial charge on any atom is -0.489 e. The number of hydrogen-bond acceptors (Lipinski definition) is 3. The van der Waals surface area contributed by atoms with Crippen LogP contribution in [-0.4, -0.2) is 10.8 Å². The van der Waals surface area contributed by atoms with Gasteiger partial charge >= 0.3 is 0 Å². The fraction of sp³-hybridized carbons (Fsp3) is 0.207. The first kappa shape index (κ1) is 21.1. The lowest BCUT2D eigenvalue weighted by Gasteiger charge is -2.35. The molecule has 5 rings (SSSR count). The standard InChI is InChI=1S/C29H27NO3/c31-29(28-14-7-19-32-28)30(27-13-6-11-24-10-4-5-12-26(24)27)20-22-15-17-25(18-16-22)33-21-23-8-2-1-3-9-23/h1-5,7-10,12,14-19,27H,6,11,13,20-21H2. The molecule has 166 valence electrons. The Morgan fingerprint density at radius 3 is 2.45 bits per heavy atom. The highest BCUT2D eigenvalue weighted by Gasteiger charge is 2.31. The van der Waals surface area contributed by atoms with E-state index in [1.54, 1.807) is 18.4 Å². The quantitative estimate of drug-likeness (QED) is 0.328. The second-order valence-electron chi connectivity index (χ2n) is 8.44. The number of rotatable bonds is 7. The topological polar surface area (TPSA) is 42.7 Å². The second-order valence-corrected chi connectivity index (χ2v) is 8.44. The Morgan fingerprint density at radius 1 is 0.879 bits per heavy atom. The third kappa shape index (κ3) is 4.85. The molecule has 4 heteroatoms. The van der Waals surface area contributed by atoms with Crippen LogP contribution in [0.25, 0.3) is 0 Å². The van der Waals surface area contributed by atoms with Crippen LogP contribution < -0.4 is 4.74 Å². The molecule has 4 aromatic rings. The van der Waals surface area contributed by atoms with Gasteiger partial charge < -0.3 is 14.1 Å². The molecular formula is C29H27NO3. The number of nitrogens with zero attached hydrogens (tertiary/aromatic N) is 1.